The van der Waals surface area contributed by atoms with E-state index < -0.39 is 0 Å². The Bertz CT molecular complexity index is 292. The fourth-order valence-corrected chi connectivity index (χ4v) is 3.10. The molecule has 1 unspecified atom stereocenters. The minimum atomic E-state index is 0.355. The van der Waals surface area contributed by atoms with Crippen molar-refractivity contribution >= 4 is 11.3 Å². The minimum absolute atomic E-state index is 0.355. The molecule has 0 aliphatic rings. The summed E-state index contributed by atoms with van der Waals surface area (Å²) in [7, 11) is 4.22. The molecule has 0 fully saturated rings. The van der Waals surface area contributed by atoms with Crippen LogP contribution in [0.1, 0.15) is 32.4 Å². The lowest BCUT2D eigenvalue weighted by Crippen LogP contribution is -2.39. The van der Waals surface area contributed by atoms with Gasteiger partial charge < -0.3 is 5.32 Å². The zero-order chi connectivity index (χ0) is 12.7. The fraction of sp³-hybridized carbons (Fsp3) is 0.769. The summed E-state index contributed by atoms with van der Waals surface area (Å²) in [5.74, 6) is 0. The second-order valence-electron chi connectivity index (χ2n) is 5.24. The number of rotatable bonds is 8. The van der Waals surface area contributed by atoms with Gasteiger partial charge >= 0.3 is 0 Å². The molecule has 1 N–H and O–H groups in total. The lowest BCUT2D eigenvalue weighted by Gasteiger charge is -2.33. The molecule has 3 nitrogen and oxygen atoms in total. The van der Waals surface area contributed by atoms with Crippen LogP contribution in [0.2, 0.25) is 0 Å². The predicted molar refractivity (Wildman–Crippen MR) is 75.4 cm³/mol. The molecule has 0 radical (unpaired) electrons. The van der Waals surface area contributed by atoms with Crippen molar-refractivity contribution in [3.63, 3.8) is 0 Å². The molecule has 17 heavy (non-hydrogen) atoms. The number of aromatic nitrogens is 1. The topological polar surface area (TPSA) is 28.2 Å². The van der Waals surface area contributed by atoms with E-state index in [2.05, 4.69) is 41.5 Å². The largest absolute Gasteiger partial charge is 0.319 e. The summed E-state index contributed by atoms with van der Waals surface area (Å²) >= 11 is 1.67. The van der Waals surface area contributed by atoms with Gasteiger partial charge in [0.2, 0.25) is 0 Å². The summed E-state index contributed by atoms with van der Waals surface area (Å²) < 4.78 is 0. The molecule has 0 amide bonds. The first-order valence-corrected chi connectivity index (χ1v) is 7.24. The van der Waals surface area contributed by atoms with Gasteiger partial charge in [0, 0.05) is 25.0 Å². The van der Waals surface area contributed by atoms with Crippen molar-refractivity contribution < 1.29 is 0 Å². The summed E-state index contributed by atoms with van der Waals surface area (Å²) in [5, 5.41) is 5.45. The summed E-state index contributed by atoms with van der Waals surface area (Å²) in [5.41, 5.74) is 3.44. The third-order valence-corrected chi connectivity index (χ3v) is 3.66. The van der Waals surface area contributed by atoms with Crippen molar-refractivity contribution in [1.82, 2.24) is 15.2 Å². The SMILES string of the molecule is CCCC(C)(CNC)CN(C)Cc1cscn1. The number of hydrogen-bond acceptors (Lipinski definition) is 4. The molecule has 0 aromatic carbocycles. The van der Waals surface area contributed by atoms with Gasteiger partial charge in [-0.3, -0.25) is 4.90 Å². The van der Waals surface area contributed by atoms with Crippen molar-refractivity contribution in [2.45, 2.75) is 33.2 Å². The van der Waals surface area contributed by atoms with Crippen molar-refractivity contribution in [3.8, 4) is 0 Å². The van der Waals surface area contributed by atoms with Gasteiger partial charge in [-0.15, -0.1) is 11.3 Å². The van der Waals surface area contributed by atoms with Crippen LogP contribution in [0.3, 0.4) is 0 Å². The van der Waals surface area contributed by atoms with Gasteiger partial charge in [0.05, 0.1) is 11.2 Å². The van der Waals surface area contributed by atoms with E-state index in [4.69, 9.17) is 0 Å². The van der Waals surface area contributed by atoms with Crippen LogP contribution in [0.5, 0.6) is 0 Å². The summed E-state index contributed by atoms with van der Waals surface area (Å²) in [6, 6.07) is 0. The predicted octanol–water partition coefficient (Wildman–Crippen LogP) is 2.60. The minimum Gasteiger partial charge on any atom is -0.319 e. The van der Waals surface area contributed by atoms with Gasteiger partial charge in [0.15, 0.2) is 0 Å². The Kier molecular flexibility index (Phi) is 6.09. The van der Waals surface area contributed by atoms with Crippen LogP contribution in [0.25, 0.3) is 0 Å². The molecule has 1 aromatic heterocycles. The van der Waals surface area contributed by atoms with E-state index in [0.29, 0.717) is 5.41 Å². The molecule has 1 heterocycles. The van der Waals surface area contributed by atoms with Crippen LogP contribution in [-0.2, 0) is 6.54 Å². The van der Waals surface area contributed by atoms with Crippen molar-refractivity contribution in [2.24, 2.45) is 5.41 Å². The molecule has 0 aliphatic heterocycles. The standard InChI is InChI=1S/C13H25N3S/c1-5-6-13(2,9-14-3)10-16(4)7-12-8-17-11-15-12/h8,11,14H,5-7,9-10H2,1-4H3. The van der Waals surface area contributed by atoms with Crippen LogP contribution >= 0.6 is 11.3 Å². The average molecular weight is 255 g/mol. The third kappa shape index (κ3) is 5.15. The Morgan fingerprint density at radius 3 is 2.82 bits per heavy atom. The van der Waals surface area contributed by atoms with E-state index in [0.717, 1.165) is 19.6 Å². The number of nitrogens with zero attached hydrogens (tertiary/aromatic N) is 2. The van der Waals surface area contributed by atoms with Gasteiger partial charge in [0.1, 0.15) is 0 Å². The molecule has 1 aromatic rings. The molecular formula is C13H25N3S. The van der Waals surface area contributed by atoms with Crippen molar-refractivity contribution in [1.29, 1.82) is 0 Å². The second kappa shape index (κ2) is 7.09. The fourth-order valence-electron chi connectivity index (χ4n) is 2.55. The van der Waals surface area contributed by atoms with E-state index in [9.17, 15) is 0 Å². The zero-order valence-corrected chi connectivity index (χ0v) is 12.3. The lowest BCUT2D eigenvalue weighted by molar-refractivity contribution is 0.170. The monoisotopic (exact) mass is 255 g/mol. The highest BCUT2D eigenvalue weighted by atomic mass is 32.1. The van der Waals surface area contributed by atoms with Crippen LogP contribution in [0, 0.1) is 5.41 Å². The van der Waals surface area contributed by atoms with E-state index in [-0.39, 0.29) is 0 Å². The smallest absolute Gasteiger partial charge is 0.0795 e. The quantitative estimate of drug-likeness (QED) is 0.774. The maximum atomic E-state index is 4.34. The molecule has 0 saturated carbocycles. The summed E-state index contributed by atoms with van der Waals surface area (Å²) in [6.45, 7) is 7.76. The average Bonchev–Trinajstić information content (AvgIpc) is 2.70. The molecule has 98 valence electrons. The highest BCUT2D eigenvalue weighted by molar-refractivity contribution is 7.07. The molecular weight excluding hydrogens is 230 g/mol. The zero-order valence-electron chi connectivity index (χ0n) is 11.5. The molecule has 0 bridgehead atoms. The van der Waals surface area contributed by atoms with E-state index >= 15 is 0 Å². The van der Waals surface area contributed by atoms with Crippen LogP contribution in [-0.4, -0.2) is 37.1 Å². The molecule has 4 heteroatoms. The Labute approximate surface area is 109 Å². The second-order valence-corrected chi connectivity index (χ2v) is 5.96. The first-order valence-electron chi connectivity index (χ1n) is 6.30. The summed E-state index contributed by atoms with van der Waals surface area (Å²) in [6.07, 6.45) is 2.50. The van der Waals surface area contributed by atoms with E-state index in [1.54, 1.807) is 11.3 Å². The normalized spacial score (nSPS) is 15.1. The van der Waals surface area contributed by atoms with E-state index in [1.165, 1.54) is 18.5 Å². The van der Waals surface area contributed by atoms with Crippen molar-refractivity contribution in [3.05, 3.63) is 16.6 Å². The highest BCUT2D eigenvalue weighted by Crippen LogP contribution is 2.24. The third-order valence-electron chi connectivity index (χ3n) is 3.02. The van der Waals surface area contributed by atoms with Gasteiger partial charge in [-0.1, -0.05) is 20.3 Å². The molecule has 0 aliphatic carbocycles. The Morgan fingerprint density at radius 1 is 1.53 bits per heavy atom. The molecule has 0 saturated heterocycles. The van der Waals surface area contributed by atoms with Gasteiger partial charge in [-0.05, 0) is 25.9 Å². The van der Waals surface area contributed by atoms with E-state index in [1.807, 2.05) is 12.6 Å². The van der Waals surface area contributed by atoms with Gasteiger partial charge in [-0.25, -0.2) is 4.98 Å². The maximum Gasteiger partial charge on any atom is 0.0795 e. The van der Waals surface area contributed by atoms with Crippen molar-refractivity contribution in [2.75, 3.05) is 27.2 Å². The molecule has 1 rings (SSSR count). The molecule has 0 spiro atoms. The Balaban J connectivity index is 2.48. The Morgan fingerprint density at radius 2 is 2.29 bits per heavy atom. The van der Waals surface area contributed by atoms with Crippen LogP contribution in [0.4, 0.5) is 0 Å². The number of thiazole rings is 1. The highest BCUT2D eigenvalue weighted by Gasteiger charge is 2.24. The van der Waals surface area contributed by atoms with Gasteiger partial charge in [0.25, 0.3) is 0 Å². The van der Waals surface area contributed by atoms with Crippen LogP contribution in [0.15, 0.2) is 10.9 Å². The molecule has 1 atom stereocenters. The first-order chi connectivity index (χ1) is 8.09. The Hall–Kier alpha value is -0.450. The van der Waals surface area contributed by atoms with Crippen LogP contribution < -0.4 is 5.32 Å². The summed E-state index contributed by atoms with van der Waals surface area (Å²) in [4.78, 5) is 6.72. The number of hydrogen-bond donors (Lipinski definition) is 1. The first kappa shape index (κ1) is 14.6. The van der Waals surface area contributed by atoms with Gasteiger partial charge in [-0.2, -0.15) is 0 Å². The number of nitrogens with one attached hydrogen (secondary N) is 1. The maximum absolute atomic E-state index is 4.34. The lowest BCUT2D eigenvalue weighted by atomic mass is 9.85.